The highest BCUT2D eigenvalue weighted by Crippen LogP contribution is 2.07. The predicted molar refractivity (Wildman–Crippen MR) is 64.4 cm³/mol. The first-order valence-corrected chi connectivity index (χ1v) is 5.25. The Kier molecular flexibility index (Phi) is 4.42. The van der Waals surface area contributed by atoms with Crippen molar-refractivity contribution in [3.8, 4) is 0 Å². The second-order valence-electron chi connectivity index (χ2n) is 3.72. The number of carbonyl (C=O) groups is 3. The van der Waals surface area contributed by atoms with Crippen LogP contribution in [0.2, 0.25) is 0 Å². The summed E-state index contributed by atoms with van der Waals surface area (Å²) >= 11 is 0. The molecule has 0 heterocycles. The van der Waals surface area contributed by atoms with Gasteiger partial charge < -0.3 is 15.3 Å². The molecule has 0 aliphatic rings. The van der Waals surface area contributed by atoms with Crippen LogP contribution in [0, 0.1) is 0 Å². The summed E-state index contributed by atoms with van der Waals surface area (Å²) in [5.74, 6) is -1.79. The van der Waals surface area contributed by atoms with Crippen LogP contribution in [0.3, 0.4) is 0 Å². The van der Waals surface area contributed by atoms with E-state index in [1.54, 1.807) is 0 Å². The van der Waals surface area contributed by atoms with Gasteiger partial charge in [-0.2, -0.15) is 0 Å². The Hall–Kier alpha value is -2.37. The summed E-state index contributed by atoms with van der Waals surface area (Å²) < 4.78 is 0. The van der Waals surface area contributed by atoms with Crippen molar-refractivity contribution in [3.63, 3.8) is 0 Å². The molecule has 0 saturated heterocycles. The Labute approximate surface area is 104 Å². The third-order valence-electron chi connectivity index (χ3n) is 2.36. The van der Waals surface area contributed by atoms with Crippen LogP contribution >= 0.6 is 0 Å². The summed E-state index contributed by atoms with van der Waals surface area (Å²) in [7, 11) is 2.96. The van der Waals surface area contributed by atoms with Gasteiger partial charge in [-0.05, 0) is 18.2 Å². The second-order valence-corrected chi connectivity index (χ2v) is 3.72. The van der Waals surface area contributed by atoms with Crippen LogP contribution < -0.4 is 5.32 Å². The van der Waals surface area contributed by atoms with E-state index in [2.05, 4.69) is 5.32 Å². The van der Waals surface area contributed by atoms with Gasteiger partial charge in [-0.3, -0.25) is 9.59 Å². The number of nitrogens with zero attached hydrogens (tertiary/aromatic N) is 1. The largest absolute Gasteiger partial charge is 0.478 e. The highest BCUT2D eigenvalue weighted by Gasteiger charge is 2.15. The molecule has 6 nitrogen and oxygen atoms in total. The molecule has 0 bridgehead atoms. The Balaban J connectivity index is 2.86. The molecule has 0 fully saturated rings. The third-order valence-corrected chi connectivity index (χ3v) is 2.36. The van der Waals surface area contributed by atoms with E-state index in [-0.39, 0.29) is 23.6 Å². The van der Waals surface area contributed by atoms with Crippen molar-refractivity contribution >= 4 is 17.8 Å². The van der Waals surface area contributed by atoms with Crippen LogP contribution in [0.25, 0.3) is 0 Å². The fourth-order valence-corrected chi connectivity index (χ4v) is 1.37. The fraction of sp³-hybridized carbons (Fsp3) is 0.250. The number of hydrogen-bond acceptors (Lipinski definition) is 3. The van der Waals surface area contributed by atoms with E-state index in [4.69, 9.17) is 5.11 Å². The SMILES string of the molecule is CNC(=O)CN(C)C(=O)c1cccc(C(=O)O)c1. The molecule has 0 spiro atoms. The van der Waals surface area contributed by atoms with E-state index in [0.29, 0.717) is 0 Å². The minimum Gasteiger partial charge on any atom is -0.478 e. The minimum absolute atomic E-state index is 0.0363. The van der Waals surface area contributed by atoms with Crippen molar-refractivity contribution < 1.29 is 19.5 Å². The fourth-order valence-electron chi connectivity index (χ4n) is 1.37. The van der Waals surface area contributed by atoms with Gasteiger partial charge in [0.2, 0.25) is 5.91 Å². The average molecular weight is 250 g/mol. The van der Waals surface area contributed by atoms with E-state index >= 15 is 0 Å². The lowest BCUT2D eigenvalue weighted by atomic mass is 10.1. The summed E-state index contributed by atoms with van der Waals surface area (Å²) in [5, 5.41) is 11.2. The van der Waals surface area contributed by atoms with Crippen molar-refractivity contribution in [1.29, 1.82) is 0 Å². The van der Waals surface area contributed by atoms with E-state index in [1.807, 2.05) is 0 Å². The summed E-state index contributed by atoms with van der Waals surface area (Å²) in [4.78, 5) is 35.1. The zero-order valence-electron chi connectivity index (χ0n) is 10.1. The number of carboxylic acid groups (broad SMARTS) is 1. The maximum atomic E-state index is 11.9. The van der Waals surface area contributed by atoms with Crippen molar-refractivity contribution in [2.24, 2.45) is 0 Å². The zero-order valence-corrected chi connectivity index (χ0v) is 10.1. The predicted octanol–water partition coefficient (Wildman–Crippen LogP) is 0.203. The molecule has 0 aromatic heterocycles. The van der Waals surface area contributed by atoms with Gasteiger partial charge in [0.05, 0.1) is 12.1 Å². The number of hydrogen-bond donors (Lipinski definition) is 2. The smallest absolute Gasteiger partial charge is 0.335 e. The zero-order chi connectivity index (χ0) is 13.7. The molecular formula is C12H14N2O4. The Morgan fingerprint density at radius 2 is 1.89 bits per heavy atom. The maximum Gasteiger partial charge on any atom is 0.335 e. The molecule has 0 aliphatic heterocycles. The van der Waals surface area contributed by atoms with Crippen LogP contribution in [0.4, 0.5) is 0 Å². The van der Waals surface area contributed by atoms with Gasteiger partial charge in [0.25, 0.3) is 5.91 Å². The summed E-state index contributed by atoms with van der Waals surface area (Å²) in [5.41, 5.74) is 0.274. The molecule has 2 N–H and O–H groups in total. The molecule has 1 aromatic rings. The molecule has 0 radical (unpaired) electrons. The van der Waals surface area contributed by atoms with Crippen molar-refractivity contribution in [3.05, 3.63) is 35.4 Å². The van der Waals surface area contributed by atoms with E-state index in [1.165, 1.54) is 43.3 Å². The lowest BCUT2D eigenvalue weighted by molar-refractivity contribution is -0.121. The molecule has 0 atom stereocenters. The number of nitrogens with one attached hydrogen (secondary N) is 1. The number of amides is 2. The summed E-state index contributed by atoms with van der Waals surface area (Å²) in [6.07, 6.45) is 0. The van der Waals surface area contributed by atoms with Crippen molar-refractivity contribution in [2.45, 2.75) is 0 Å². The molecule has 18 heavy (non-hydrogen) atoms. The number of benzene rings is 1. The van der Waals surface area contributed by atoms with Gasteiger partial charge in [0, 0.05) is 19.7 Å². The van der Waals surface area contributed by atoms with Crippen molar-refractivity contribution in [2.75, 3.05) is 20.6 Å². The van der Waals surface area contributed by atoms with Crippen LogP contribution in [0.1, 0.15) is 20.7 Å². The van der Waals surface area contributed by atoms with E-state index in [0.717, 1.165) is 0 Å². The van der Waals surface area contributed by atoms with E-state index < -0.39 is 11.9 Å². The number of likely N-dealkylation sites (N-methyl/N-ethyl adjacent to an activating group) is 2. The van der Waals surface area contributed by atoms with E-state index in [9.17, 15) is 14.4 Å². The minimum atomic E-state index is -1.10. The van der Waals surface area contributed by atoms with Gasteiger partial charge in [0.1, 0.15) is 0 Å². The molecule has 0 aliphatic carbocycles. The van der Waals surface area contributed by atoms with Crippen LogP contribution in [-0.2, 0) is 4.79 Å². The van der Waals surface area contributed by atoms with Gasteiger partial charge in [0.15, 0.2) is 0 Å². The van der Waals surface area contributed by atoms with Crippen LogP contribution in [-0.4, -0.2) is 48.4 Å². The monoisotopic (exact) mass is 250 g/mol. The summed E-state index contributed by atoms with van der Waals surface area (Å²) in [6, 6.07) is 5.68. The molecule has 0 unspecified atom stereocenters. The second kappa shape index (κ2) is 5.81. The van der Waals surface area contributed by atoms with Crippen molar-refractivity contribution in [1.82, 2.24) is 10.2 Å². The normalized spacial score (nSPS) is 9.67. The summed E-state index contributed by atoms with van der Waals surface area (Å²) in [6.45, 7) is -0.0768. The number of carboxylic acids is 1. The molecule has 2 amide bonds. The highest BCUT2D eigenvalue weighted by molar-refractivity contribution is 5.98. The third kappa shape index (κ3) is 3.31. The lowest BCUT2D eigenvalue weighted by Gasteiger charge is -2.16. The number of carbonyl (C=O) groups excluding carboxylic acids is 2. The van der Waals surface area contributed by atoms with Gasteiger partial charge in [-0.25, -0.2) is 4.79 Å². The molecule has 1 rings (SSSR count). The molecule has 96 valence electrons. The first-order valence-electron chi connectivity index (χ1n) is 5.25. The van der Waals surface area contributed by atoms with Crippen LogP contribution in [0.15, 0.2) is 24.3 Å². The number of aromatic carboxylic acids is 1. The molecule has 1 aromatic carbocycles. The first-order chi connectivity index (χ1) is 8.45. The molecule has 0 saturated carbocycles. The van der Waals surface area contributed by atoms with Gasteiger partial charge in [-0.1, -0.05) is 6.07 Å². The first kappa shape index (κ1) is 13.7. The standard InChI is InChI=1S/C12H14N2O4/c1-13-10(15)7-14(2)11(16)8-4-3-5-9(6-8)12(17)18/h3-6H,7H2,1-2H3,(H,13,15)(H,17,18). The quantitative estimate of drug-likeness (QED) is 0.799. The highest BCUT2D eigenvalue weighted by atomic mass is 16.4. The Bertz CT molecular complexity index is 485. The average Bonchev–Trinajstić information content (AvgIpc) is 2.37. The Morgan fingerprint density at radius 1 is 1.28 bits per heavy atom. The maximum absolute atomic E-state index is 11.9. The van der Waals surface area contributed by atoms with Gasteiger partial charge in [-0.15, -0.1) is 0 Å². The molecule has 6 heteroatoms. The van der Waals surface area contributed by atoms with Gasteiger partial charge >= 0.3 is 5.97 Å². The topological polar surface area (TPSA) is 86.7 Å². The molecular weight excluding hydrogens is 236 g/mol. The van der Waals surface area contributed by atoms with Crippen LogP contribution in [0.5, 0.6) is 0 Å². The number of rotatable bonds is 4. The lowest BCUT2D eigenvalue weighted by Crippen LogP contribution is -2.36. The Morgan fingerprint density at radius 3 is 2.44 bits per heavy atom.